The number of aryl methyl sites for hydroxylation is 1. The number of amides is 1. The quantitative estimate of drug-likeness (QED) is 0.574. The maximum Gasteiger partial charge on any atom is 0.292 e. The summed E-state index contributed by atoms with van der Waals surface area (Å²) < 4.78 is 0. The number of hydrogen-bond donors (Lipinski definition) is 2. The van der Waals surface area contributed by atoms with E-state index in [0.29, 0.717) is 16.6 Å². The fourth-order valence-corrected chi connectivity index (χ4v) is 3.71. The molecule has 1 aliphatic carbocycles. The van der Waals surface area contributed by atoms with Gasteiger partial charge in [-0.05, 0) is 55.2 Å². The number of H-pyrrole nitrogens is 1. The molecule has 27 heavy (non-hydrogen) atoms. The first kappa shape index (κ1) is 19.6. The zero-order chi connectivity index (χ0) is 19.6. The van der Waals surface area contributed by atoms with E-state index in [9.17, 15) is 4.79 Å². The van der Waals surface area contributed by atoms with Gasteiger partial charge in [0, 0.05) is 16.3 Å². The Morgan fingerprint density at radius 1 is 1.37 bits per heavy atom. The summed E-state index contributed by atoms with van der Waals surface area (Å²) in [6.07, 6.45) is 4.08. The largest absolute Gasteiger partial charge is 0.292 e. The molecule has 144 valence electrons. The van der Waals surface area contributed by atoms with Gasteiger partial charge in [0.25, 0.3) is 5.91 Å². The third kappa shape index (κ3) is 4.24. The second-order valence-corrected chi connectivity index (χ2v) is 8.39. The minimum atomic E-state index is -0.268. The van der Waals surface area contributed by atoms with Crippen molar-refractivity contribution in [3.63, 3.8) is 0 Å². The second-order valence-electron chi connectivity index (χ2n) is 7.96. The number of halogens is 1. The smallest absolute Gasteiger partial charge is 0.281 e. The first-order chi connectivity index (χ1) is 12.8. The molecule has 0 bridgehead atoms. The molecule has 1 aliphatic rings. The first-order valence-corrected chi connectivity index (χ1v) is 9.86. The summed E-state index contributed by atoms with van der Waals surface area (Å²) in [5, 5.41) is 12.2. The highest BCUT2D eigenvalue weighted by Gasteiger charge is 2.34. The lowest BCUT2D eigenvalue weighted by atomic mass is 9.69. The molecule has 5 nitrogen and oxygen atoms in total. The van der Waals surface area contributed by atoms with E-state index < -0.39 is 0 Å². The Morgan fingerprint density at radius 2 is 2.07 bits per heavy atom. The number of aromatic nitrogens is 2. The number of rotatable bonds is 5. The van der Waals surface area contributed by atoms with Crippen LogP contribution in [-0.2, 0) is 12.8 Å². The highest BCUT2D eigenvalue weighted by Crippen LogP contribution is 2.40. The van der Waals surface area contributed by atoms with Crippen LogP contribution in [0, 0.1) is 11.3 Å². The summed E-state index contributed by atoms with van der Waals surface area (Å²) in [7, 11) is 0. The molecule has 0 unspecified atom stereocenters. The van der Waals surface area contributed by atoms with E-state index >= 15 is 0 Å². The van der Waals surface area contributed by atoms with Crippen molar-refractivity contribution in [2.45, 2.75) is 53.4 Å². The van der Waals surface area contributed by atoms with Gasteiger partial charge in [-0.3, -0.25) is 9.89 Å². The molecule has 0 radical (unpaired) electrons. The summed E-state index contributed by atoms with van der Waals surface area (Å²) in [6, 6.07) is 7.36. The lowest BCUT2D eigenvalue weighted by molar-refractivity contribution is 0.0947. The fraction of sp³-hybridized carbons (Fsp3) is 0.476. The average molecular weight is 387 g/mol. The van der Waals surface area contributed by atoms with Crippen molar-refractivity contribution in [1.82, 2.24) is 15.6 Å². The molecule has 1 aromatic heterocycles. The Labute approximate surface area is 165 Å². The summed E-state index contributed by atoms with van der Waals surface area (Å²) >= 11 is 5.91. The summed E-state index contributed by atoms with van der Waals surface area (Å²) in [6.45, 7) is 8.70. The number of carbonyl (C=O) groups excluding carboxylic acids is 1. The van der Waals surface area contributed by atoms with Gasteiger partial charge >= 0.3 is 0 Å². The Bertz CT molecular complexity index is 852. The van der Waals surface area contributed by atoms with Crippen molar-refractivity contribution in [3.8, 4) is 0 Å². The third-order valence-corrected chi connectivity index (χ3v) is 6.22. The molecular formula is C21H27ClN4O. The molecule has 0 aliphatic heterocycles. The first-order valence-electron chi connectivity index (χ1n) is 9.48. The molecular weight excluding hydrogens is 360 g/mol. The minimum absolute atomic E-state index is 0.256. The van der Waals surface area contributed by atoms with Gasteiger partial charge in [-0.25, -0.2) is 5.43 Å². The van der Waals surface area contributed by atoms with E-state index in [1.54, 1.807) is 12.1 Å². The Morgan fingerprint density at radius 3 is 2.74 bits per heavy atom. The van der Waals surface area contributed by atoms with E-state index in [4.69, 9.17) is 11.6 Å². The molecule has 0 fully saturated rings. The number of carbonyl (C=O) groups is 1. The number of nitrogens with one attached hydrogen (secondary N) is 2. The molecule has 2 aromatic rings. The van der Waals surface area contributed by atoms with Crippen LogP contribution < -0.4 is 5.43 Å². The molecule has 6 heteroatoms. The lowest BCUT2D eigenvalue weighted by Gasteiger charge is -2.36. The highest BCUT2D eigenvalue weighted by atomic mass is 35.5. The zero-order valence-corrected chi connectivity index (χ0v) is 17.2. The van der Waals surface area contributed by atoms with Crippen molar-refractivity contribution in [2.75, 3.05) is 0 Å². The molecule has 1 heterocycles. The Kier molecular flexibility index (Phi) is 5.70. The maximum atomic E-state index is 12.7. The van der Waals surface area contributed by atoms with Gasteiger partial charge < -0.3 is 0 Å². The number of hydrogen-bond acceptors (Lipinski definition) is 3. The van der Waals surface area contributed by atoms with Crippen LogP contribution in [0.15, 0.2) is 29.4 Å². The van der Waals surface area contributed by atoms with E-state index in [0.717, 1.165) is 48.2 Å². The summed E-state index contributed by atoms with van der Waals surface area (Å²) in [5.74, 6) is 0.286. The third-order valence-electron chi connectivity index (χ3n) is 5.96. The van der Waals surface area contributed by atoms with Crippen LogP contribution in [0.25, 0.3) is 0 Å². The van der Waals surface area contributed by atoms with Crippen molar-refractivity contribution in [2.24, 2.45) is 16.4 Å². The highest BCUT2D eigenvalue weighted by molar-refractivity contribution is 6.30. The number of hydrazone groups is 1. The van der Waals surface area contributed by atoms with Crippen LogP contribution in [0.5, 0.6) is 0 Å². The number of benzene rings is 1. The van der Waals surface area contributed by atoms with Crippen LogP contribution in [0.4, 0.5) is 0 Å². The van der Waals surface area contributed by atoms with Crippen molar-refractivity contribution < 1.29 is 4.79 Å². The Hall–Kier alpha value is -2.14. The van der Waals surface area contributed by atoms with Crippen LogP contribution >= 0.6 is 11.6 Å². The predicted molar refractivity (Wildman–Crippen MR) is 109 cm³/mol. The van der Waals surface area contributed by atoms with Crippen LogP contribution in [0.1, 0.15) is 67.8 Å². The predicted octanol–water partition coefficient (Wildman–Crippen LogP) is 4.76. The van der Waals surface area contributed by atoms with E-state index in [1.807, 2.05) is 19.1 Å². The number of fused-ring (bicyclic) bond motifs is 1. The van der Waals surface area contributed by atoms with Crippen LogP contribution in [-0.4, -0.2) is 21.8 Å². The molecule has 1 aromatic carbocycles. The van der Waals surface area contributed by atoms with Gasteiger partial charge in [-0.15, -0.1) is 0 Å². The molecule has 0 spiro atoms. The SMILES string of the molecule is CCC(C)(C)[C@@H]1CCc2[nH]nc(C(=O)N/N=C(/C)c3ccc(Cl)cc3)c2C1. The van der Waals surface area contributed by atoms with E-state index in [1.165, 1.54) is 0 Å². The maximum absolute atomic E-state index is 12.7. The lowest BCUT2D eigenvalue weighted by Crippen LogP contribution is -2.30. The van der Waals surface area contributed by atoms with Crippen molar-refractivity contribution in [3.05, 3.63) is 51.8 Å². The number of nitrogens with zero attached hydrogens (tertiary/aromatic N) is 2. The van der Waals surface area contributed by atoms with Gasteiger partial charge in [0.05, 0.1) is 5.71 Å². The molecule has 0 saturated carbocycles. The van der Waals surface area contributed by atoms with Gasteiger partial charge in [-0.2, -0.15) is 10.2 Å². The average Bonchev–Trinajstić information content (AvgIpc) is 3.09. The Balaban J connectivity index is 1.74. The molecule has 1 amide bonds. The standard InChI is InChI=1S/C21H27ClN4O/c1-5-21(3,4)15-8-11-18-17(12-15)19(25-24-18)20(27)26-23-13(2)14-6-9-16(22)10-7-14/h6-7,9-10,15H,5,8,11-12H2,1-4H3,(H,24,25)(H,26,27)/b23-13-/t15-/m1/s1. The summed E-state index contributed by atoms with van der Waals surface area (Å²) in [4.78, 5) is 12.7. The second kappa shape index (κ2) is 7.85. The molecule has 1 atom stereocenters. The summed E-state index contributed by atoms with van der Waals surface area (Å²) in [5.41, 5.74) is 7.13. The van der Waals surface area contributed by atoms with Crippen molar-refractivity contribution >= 4 is 23.2 Å². The van der Waals surface area contributed by atoms with Crippen molar-refractivity contribution in [1.29, 1.82) is 0 Å². The molecule has 3 rings (SSSR count). The van der Waals surface area contributed by atoms with Gasteiger partial charge in [0.15, 0.2) is 5.69 Å². The topological polar surface area (TPSA) is 70.1 Å². The van der Waals surface area contributed by atoms with Gasteiger partial charge in [0.2, 0.25) is 0 Å². The zero-order valence-electron chi connectivity index (χ0n) is 16.4. The van der Waals surface area contributed by atoms with Gasteiger partial charge in [0.1, 0.15) is 0 Å². The molecule has 0 saturated heterocycles. The molecule has 2 N–H and O–H groups in total. The monoisotopic (exact) mass is 386 g/mol. The van der Waals surface area contributed by atoms with Crippen LogP contribution in [0.2, 0.25) is 5.02 Å². The van der Waals surface area contributed by atoms with Gasteiger partial charge in [-0.1, -0.05) is 50.9 Å². The fourth-order valence-electron chi connectivity index (χ4n) is 3.58. The van der Waals surface area contributed by atoms with E-state index in [2.05, 4.69) is 41.5 Å². The normalized spacial score (nSPS) is 17.5. The van der Waals surface area contributed by atoms with Crippen LogP contribution in [0.3, 0.4) is 0 Å². The minimum Gasteiger partial charge on any atom is -0.281 e. The van der Waals surface area contributed by atoms with E-state index in [-0.39, 0.29) is 11.3 Å². The number of aromatic amines is 1.